The van der Waals surface area contributed by atoms with Crippen LogP contribution >= 0.6 is 0 Å². The molecule has 2 aromatic carbocycles. The van der Waals surface area contributed by atoms with Crippen molar-refractivity contribution in [2.24, 2.45) is 11.8 Å². The Morgan fingerprint density at radius 1 is 1.06 bits per heavy atom. The summed E-state index contributed by atoms with van der Waals surface area (Å²) in [5.41, 5.74) is 0.508. The summed E-state index contributed by atoms with van der Waals surface area (Å²) in [6, 6.07) is 9.44. The molecule has 4 atom stereocenters. The lowest BCUT2D eigenvalue weighted by atomic mass is 9.75. The highest BCUT2D eigenvalue weighted by Gasteiger charge is 2.74. The van der Waals surface area contributed by atoms with E-state index < -0.39 is 23.2 Å². The third-order valence-electron chi connectivity index (χ3n) is 8.12. The highest BCUT2D eigenvalue weighted by atomic mass is 19.1. The minimum Gasteiger partial charge on any atom is -0.493 e. The average molecular weight is 480 g/mol. The minimum atomic E-state index is -1.35. The third-order valence-corrected chi connectivity index (χ3v) is 8.12. The van der Waals surface area contributed by atoms with E-state index in [0.717, 1.165) is 18.4 Å². The molecular weight excluding hydrogens is 453 g/mol. The van der Waals surface area contributed by atoms with E-state index >= 15 is 0 Å². The predicted octanol–water partition coefficient (Wildman–Crippen LogP) is 2.31. The van der Waals surface area contributed by atoms with Crippen molar-refractivity contribution in [2.45, 2.75) is 30.8 Å². The molecule has 0 bridgehead atoms. The molecule has 4 heterocycles. The number of methoxy groups -OCH3 is 2. The number of anilines is 1. The van der Waals surface area contributed by atoms with E-state index in [0.29, 0.717) is 35.7 Å². The molecule has 4 aliphatic heterocycles. The van der Waals surface area contributed by atoms with Gasteiger partial charge >= 0.3 is 0 Å². The summed E-state index contributed by atoms with van der Waals surface area (Å²) in [5.74, 6) is -1.73. The van der Waals surface area contributed by atoms with Gasteiger partial charge in [0.2, 0.25) is 17.7 Å². The molecule has 4 unspecified atom stereocenters. The standard InChI is InChI=1S/C26H26FN3O5/c1-34-19-8-5-14(12-20(19)35-2)9-11-29-23(31)21-18-4-3-10-30(18)26(22(21)24(29)32)16-13-15(27)6-7-17(16)28-25(26)33/h5-8,12-13,18,21-22H,3-4,9-11H2,1-2H3,(H,28,33). The number of carbonyl (C=O) groups is 3. The van der Waals surface area contributed by atoms with Crippen molar-refractivity contribution in [1.29, 1.82) is 0 Å². The average Bonchev–Trinajstić information content (AvgIpc) is 3.56. The number of halogens is 1. The maximum Gasteiger partial charge on any atom is 0.250 e. The van der Waals surface area contributed by atoms with Crippen molar-refractivity contribution in [3.8, 4) is 11.5 Å². The first-order valence-electron chi connectivity index (χ1n) is 11.9. The molecule has 9 heteroatoms. The highest BCUT2D eigenvalue weighted by Crippen LogP contribution is 2.60. The van der Waals surface area contributed by atoms with Gasteiger partial charge in [-0.3, -0.25) is 24.2 Å². The maximum atomic E-state index is 14.3. The number of ether oxygens (including phenoxy) is 2. The number of rotatable bonds is 5. The van der Waals surface area contributed by atoms with E-state index in [9.17, 15) is 18.8 Å². The lowest BCUT2D eigenvalue weighted by molar-refractivity contribution is -0.145. The van der Waals surface area contributed by atoms with E-state index in [2.05, 4.69) is 5.32 Å². The SMILES string of the molecule is COc1ccc(CCN2C(=O)C3C4CCCN4C4(C(=O)Nc5ccc(F)cc54)C3C2=O)cc1OC. The summed E-state index contributed by atoms with van der Waals surface area (Å²) in [6.45, 7) is 0.786. The highest BCUT2D eigenvalue weighted by molar-refractivity contribution is 6.15. The van der Waals surface area contributed by atoms with Crippen molar-refractivity contribution < 1.29 is 28.2 Å². The van der Waals surface area contributed by atoms with Crippen LogP contribution in [-0.4, -0.2) is 60.9 Å². The summed E-state index contributed by atoms with van der Waals surface area (Å²) < 4.78 is 25.0. The Morgan fingerprint density at radius 2 is 1.86 bits per heavy atom. The van der Waals surface area contributed by atoms with Crippen LogP contribution in [0.4, 0.5) is 10.1 Å². The summed E-state index contributed by atoms with van der Waals surface area (Å²) in [6.07, 6.45) is 1.99. The molecule has 0 aromatic heterocycles. The van der Waals surface area contributed by atoms with Gasteiger partial charge in [0.1, 0.15) is 11.4 Å². The van der Waals surface area contributed by atoms with Crippen LogP contribution in [0, 0.1) is 17.7 Å². The number of hydrogen-bond donors (Lipinski definition) is 1. The number of fused-ring (bicyclic) bond motifs is 7. The molecule has 3 amide bonds. The minimum absolute atomic E-state index is 0.195. The first kappa shape index (κ1) is 22.0. The van der Waals surface area contributed by atoms with E-state index in [1.165, 1.54) is 23.1 Å². The summed E-state index contributed by atoms with van der Waals surface area (Å²) in [5, 5.41) is 2.86. The van der Waals surface area contributed by atoms with E-state index in [-0.39, 0.29) is 30.3 Å². The number of hydrogen-bond acceptors (Lipinski definition) is 6. The van der Waals surface area contributed by atoms with Gasteiger partial charge in [0, 0.05) is 23.8 Å². The first-order valence-corrected chi connectivity index (χ1v) is 11.9. The monoisotopic (exact) mass is 479 g/mol. The van der Waals surface area contributed by atoms with Crippen LogP contribution in [-0.2, 0) is 26.3 Å². The lowest BCUT2D eigenvalue weighted by Gasteiger charge is -2.36. The molecule has 4 aliphatic rings. The molecule has 1 spiro atoms. The van der Waals surface area contributed by atoms with Crippen LogP contribution < -0.4 is 14.8 Å². The van der Waals surface area contributed by atoms with E-state index in [1.54, 1.807) is 20.3 Å². The zero-order valence-corrected chi connectivity index (χ0v) is 19.5. The Balaban J connectivity index is 1.35. The van der Waals surface area contributed by atoms with Crippen LogP contribution in [0.3, 0.4) is 0 Å². The quantitative estimate of drug-likeness (QED) is 0.663. The topological polar surface area (TPSA) is 88.2 Å². The number of benzene rings is 2. The Labute approximate surface area is 202 Å². The normalized spacial score (nSPS) is 28.9. The second kappa shape index (κ2) is 7.78. The Hall–Kier alpha value is -3.46. The van der Waals surface area contributed by atoms with Crippen molar-refractivity contribution in [2.75, 3.05) is 32.6 Å². The van der Waals surface area contributed by atoms with Crippen LogP contribution in [0.1, 0.15) is 24.0 Å². The Morgan fingerprint density at radius 3 is 2.63 bits per heavy atom. The van der Waals surface area contributed by atoms with E-state index in [4.69, 9.17) is 9.47 Å². The van der Waals surface area contributed by atoms with Crippen molar-refractivity contribution in [3.63, 3.8) is 0 Å². The number of nitrogens with one attached hydrogen (secondary N) is 1. The smallest absolute Gasteiger partial charge is 0.250 e. The van der Waals surface area contributed by atoms with Gasteiger partial charge in [-0.25, -0.2) is 4.39 Å². The van der Waals surface area contributed by atoms with Crippen molar-refractivity contribution >= 4 is 23.4 Å². The number of likely N-dealkylation sites (tertiary alicyclic amines) is 1. The molecule has 0 saturated carbocycles. The second-order valence-corrected chi connectivity index (χ2v) is 9.58. The van der Waals surface area contributed by atoms with Gasteiger partial charge in [0.05, 0.1) is 26.1 Å². The number of imide groups is 1. The van der Waals surface area contributed by atoms with Crippen molar-refractivity contribution in [3.05, 3.63) is 53.3 Å². The predicted molar refractivity (Wildman–Crippen MR) is 123 cm³/mol. The van der Waals surface area contributed by atoms with Gasteiger partial charge < -0.3 is 14.8 Å². The zero-order valence-electron chi connectivity index (χ0n) is 19.5. The van der Waals surface area contributed by atoms with Gasteiger partial charge in [0.25, 0.3) is 0 Å². The number of carbonyl (C=O) groups excluding carboxylic acids is 3. The first-order chi connectivity index (χ1) is 16.9. The molecule has 1 N–H and O–H groups in total. The Kier molecular flexibility index (Phi) is 4.90. The van der Waals surface area contributed by atoms with Crippen LogP contribution in [0.25, 0.3) is 0 Å². The molecule has 182 valence electrons. The molecule has 0 aliphatic carbocycles. The van der Waals surface area contributed by atoms with Gasteiger partial charge in [0.15, 0.2) is 11.5 Å². The van der Waals surface area contributed by atoms with Crippen LogP contribution in [0.5, 0.6) is 11.5 Å². The summed E-state index contributed by atoms with van der Waals surface area (Å²) >= 11 is 0. The molecule has 6 rings (SSSR count). The second-order valence-electron chi connectivity index (χ2n) is 9.58. The van der Waals surface area contributed by atoms with E-state index in [1.807, 2.05) is 17.0 Å². The largest absolute Gasteiger partial charge is 0.493 e. The molecule has 0 radical (unpaired) electrons. The molecular formula is C26H26FN3O5. The zero-order chi connectivity index (χ0) is 24.5. The molecule has 3 fully saturated rings. The van der Waals surface area contributed by atoms with Crippen LogP contribution in [0.15, 0.2) is 36.4 Å². The fourth-order valence-electron chi connectivity index (χ4n) is 6.73. The molecule has 3 saturated heterocycles. The molecule has 2 aromatic rings. The maximum absolute atomic E-state index is 14.3. The lowest BCUT2D eigenvalue weighted by Crippen LogP contribution is -2.54. The Bertz CT molecular complexity index is 1270. The van der Waals surface area contributed by atoms with Crippen molar-refractivity contribution in [1.82, 2.24) is 9.80 Å². The van der Waals surface area contributed by atoms with Gasteiger partial charge in [-0.2, -0.15) is 0 Å². The third kappa shape index (κ3) is 2.84. The van der Waals surface area contributed by atoms with Gasteiger partial charge in [-0.15, -0.1) is 0 Å². The fourth-order valence-corrected chi connectivity index (χ4v) is 6.73. The molecule has 8 nitrogen and oxygen atoms in total. The summed E-state index contributed by atoms with van der Waals surface area (Å²) in [7, 11) is 3.11. The van der Waals surface area contributed by atoms with Gasteiger partial charge in [-0.1, -0.05) is 6.07 Å². The number of amides is 3. The summed E-state index contributed by atoms with van der Waals surface area (Å²) in [4.78, 5) is 44.3. The fraction of sp³-hybridized carbons (Fsp3) is 0.423. The number of nitrogens with zero attached hydrogens (tertiary/aromatic N) is 2. The van der Waals surface area contributed by atoms with Gasteiger partial charge in [-0.05, 0) is 61.7 Å². The van der Waals surface area contributed by atoms with Crippen LogP contribution in [0.2, 0.25) is 0 Å². The molecule has 35 heavy (non-hydrogen) atoms.